The molecule has 0 fully saturated rings. The van der Waals surface area contributed by atoms with Gasteiger partial charge in [-0.2, -0.15) is 52.7 Å². The second-order valence-corrected chi connectivity index (χ2v) is 4.78. The first kappa shape index (κ1) is 22.4. The first-order valence-corrected chi connectivity index (χ1v) is 6.34. The van der Waals surface area contributed by atoms with Crippen LogP contribution in [0.15, 0.2) is 0 Å². The van der Waals surface area contributed by atoms with Crippen molar-refractivity contribution < 1.29 is 62.6 Å². The van der Waals surface area contributed by atoms with Crippen molar-refractivity contribution in [2.75, 3.05) is 4.43 Å². The summed E-state index contributed by atoms with van der Waals surface area (Å²) < 4.78 is 151. The zero-order chi connectivity index (χ0) is 19.3. The topological polar surface area (TPSA) is 37.3 Å². The molecule has 0 aromatic heterocycles. The van der Waals surface area contributed by atoms with E-state index in [0.717, 1.165) is 0 Å². The summed E-state index contributed by atoms with van der Waals surface area (Å²) in [5.41, 5.74) is 0. The van der Waals surface area contributed by atoms with Crippen LogP contribution in [-0.2, 0) is 4.79 Å². The SMILES string of the molecule is O=C(O)C(F)(F)C(F)(F)C(F)(F)C(F)(F)C(F)(F)C(F)(F)CI. The van der Waals surface area contributed by atoms with Crippen LogP contribution in [0.2, 0.25) is 0 Å². The Hall–Kier alpha value is -0.640. The number of hydrogen-bond donors (Lipinski definition) is 1. The zero-order valence-corrected chi connectivity index (χ0v) is 12.1. The molecule has 0 heterocycles. The molecule has 0 aromatic rings. The van der Waals surface area contributed by atoms with Crippen LogP contribution >= 0.6 is 22.6 Å². The summed E-state index contributed by atoms with van der Waals surface area (Å²) in [6.07, 6.45) is 0. The number of hydrogen-bond acceptors (Lipinski definition) is 1. The van der Waals surface area contributed by atoms with Crippen LogP contribution in [0.25, 0.3) is 0 Å². The van der Waals surface area contributed by atoms with Gasteiger partial charge in [0.1, 0.15) is 0 Å². The van der Waals surface area contributed by atoms with E-state index in [1.807, 2.05) is 0 Å². The van der Waals surface area contributed by atoms with Crippen molar-refractivity contribution in [2.45, 2.75) is 35.5 Å². The van der Waals surface area contributed by atoms with Gasteiger partial charge in [-0.05, 0) is 0 Å². The fourth-order valence-corrected chi connectivity index (χ4v) is 1.52. The number of carbonyl (C=O) groups is 1. The quantitative estimate of drug-likeness (QED) is 0.331. The van der Waals surface area contributed by atoms with Gasteiger partial charge in [0.2, 0.25) is 0 Å². The van der Waals surface area contributed by atoms with Gasteiger partial charge in [0.05, 0.1) is 4.43 Å². The van der Waals surface area contributed by atoms with Gasteiger partial charge in [0, 0.05) is 0 Å². The molecule has 0 unspecified atom stereocenters. The number of carboxylic acid groups (broad SMARTS) is 1. The van der Waals surface area contributed by atoms with Crippen molar-refractivity contribution in [3.05, 3.63) is 0 Å². The molecule has 0 aliphatic carbocycles. The molecule has 2 nitrogen and oxygen atoms in total. The minimum absolute atomic E-state index is 0.333. The van der Waals surface area contributed by atoms with Gasteiger partial charge in [0.25, 0.3) is 0 Å². The Kier molecular flexibility index (Phi) is 5.56. The zero-order valence-electron chi connectivity index (χ0n) is 9.98. The summed E-state index contributed by atoms with van der Waals surface area (Å²) in [5, 5.41) is 7.67. The monoisotopic (exact) mass is 486 g/mol. The number of aliphatic carboxylic acids is 1. The van der Waals surface area contributed by atoms with Crippen molar-refractivity contribution in [1.29, 1.82) is 0 Å². The average Bonchev–Trinajstić information content (AvgIpc) is 2.37. The molecule has 15 heteroatoms. The van der Waals surface area contributed by atoms with Crippen molar-refractivity contribution >= 4 is 28.6 Å². The third kappa shape index (κ3) is 2.81. The Bertz CT molecular complexity index is 474. The molecule has 0 atom stereocenters. The fourth-order valence-electron chi connectivity index (χ4n) is 1.04. The van der Waals surface area contributed by atoms with Crippen LogP contribution in [0.3, 0.4) is 0 Å². The highest BCUT2D eigenvalue weighted by atomic mass is 127. The highest BCUT2D eigenvalue weighted by Gasteiger charge is 2.91. The van der Waals surface area contributed by atoms with E-state index in [1.54, 1.807) is 0 Å². The molecule has 0 radical (unpaired) electrons. The molecule has 0 spiro atoms. The maximum Gasteiger partial charge on any atom is 0.410 e. The van der Waals surface area contributed by atoms with E-state index in [0.29, 0.717) is 22.6 Å². The summed E-state index contributed by atoms with van der Waals surface area (Å²) >= 11 is 0.333. The Morgan fingerprint density at radius 1 is 0.696 bits per heavy atom. The van der Waals surface area contributed by atoms with E-state index in [-0.39, 0.29) is 0 Å². The first-order chi connectivity index (χ1) is 9.75. The van der Waals surface area contributed by atoms with E-state index in [9.17, 15) is 57.5 Å². The maximum atomic E-state index is 13.0. The molecule has 23 heavy (non-hydrogen) atoms. The summed E-state index contributed by atoms with van der Waals surface area (Å²) in [6.45, 7) is 0. The smallest absolute Gasteiger partial charge is 0.410 e. The standard InChI is InChI=1S/C8H3F12IO2/c9-3(10,1-21)5(13,14)7(17,18)8(19,20)6(15,16)4(11,12)2(22)23/h1H2,(H,22,23). The molecule has 0 saturated heterocycles. The van der Waals surface area contributed by atoms with Gasteiger partial charge >= 0.3 is 41.5 Å². The van der Waals surface area contributed by atoms with Gasteiger partial charge in [-0.15, -0.1) is 0 Å². The van der Waals surface area contributed by atoms with Crippen molar-refractivity contribution in [1.82, 2.24) is 0 Å². The van der Waals surface area contributed by atoms with Crippen LogP contribution in [-0.4, -0.2) is 51.0 Å². The van der Waals surface area contributed by atoms with E-state index >= 15 is 0 Å². The van der Waals surface area contributed by atoms with Crippen LogP contribution in [0.1, 0.15) is 0 Å². The lowest BCUT2D eigenvalue weighted by Gasteiger charge is -2.40. The average molecular weight is 486 g/mol. The molecular weight excluding hydrogens is 483 g/mol. The molecular formula is C8H3F12IO2. The lowest BCUT2D eigenvalue weighted by molar-refractivity contribution is -0.418. The fraction of sp³-hybridized carbons (Fsp3) is 0.875. The Morgan fingerprint density at radius 3 is 1.26 bits per heavy atom. The molecule has 0 aliphatic rings. The van der Waals surface area contributed by atoms with Crippen LogP contribution < -0.4 is 0 Å². The summed E-state index contributed by atoms with van der Waals surface area (Å²) in [4.78, 5) is 9.80. The Balaban J connectivity index is 6.34. The third-order valence-corrected chi connectivity index (χ3v) is 3.43. The molecule has 0 rings (SSSR count). The largest absolute Gasteiger partial charge is 0.477 e. The minimum Gasteiger partial charge on any atom is -0.477 e. The number of carboxylic acids is 1. The van der Waals surface area contributed by atoms with Gasteiger partial charge < -0.3 is 5.11 Å². The molecule has 0 saturated carbocycles. The predicted octanol–water partition coefficient (Wildman–Crippen LogP) is 4.32. The molecule has 0 amide bonds. The minimum atomic E-state index is -7.83. The van der Waals surface area contributed by atoms with E-state index in [1.165, 1.54) is 0 Å². The molecule has 0 bridgehead atoms. The van der Waals surface area contributed by atoms with Gasteiger partial charge in [-0.25, -0.2) is 4.79 Å². The van der Waals surface area contributed by atoms with Gasteiger partial charge in [0.15, 0.2) is 0 Å². The van der Waals surface area contributed by atoms with E-state index < -0.39 is 45.9 Å². The Labute approximate surface area is 131 Å². The van der Waals surface area contributed by atoms with Crippen molar-refractivity contribution in [2.24, 2.45) is 0 Å². The summed E-state index contributed by atoms with van der Waals surface area (Å²) in [7, 11) is 0. The van der Waals surface area contributed by atoms with Crippen molar-refractivity contribution in [3.8, 4) is 0 Å². The second-order valence-electron chi connectivity index (χ2n) is 4.02. The summed E-state index contributed by atoms with van der Waals surface area (Å²) in [6, 6.07) is 0. The highest BCUT2D eigenvalue weighted by molar-refractivity contribution is 14.1. The molecule has 1 N–H and O–H groups in total. The lowest BCUT2D eigenvalue weighted by atomic mass is 9.92. The molecule has 138 valence electrons. The van der Waals surface area contributed by atoms with E-state index in [2.05, 4.69) is 0 Å². The number of rotatable bonds is 7. The second kappa shape index (κ2) is 5.72. The predicted molar refractivity (Wildman–Crippen MR) is 56.2 cm³/mol. The van der Waals surface area contributed by atoms with E-state index in [4.69, 9.17) is 5.11 Å². The van der Waals surface area contributed by atoms with Crippen molar-refractivity contribution in [3.63, 3.8) is 0 Å². The first-order valence-electron chi connectivity index (χ1n) is 4.82. The Morgan fingerprint density at radius 2 is 1.00 bits per heavy atom. The third-order valence-electron chi connectivity index (χ3n) is 2.47. The van der Waals surface area contributed by atoms with Crippen LogP contribution in [0.4, 0.5) is 52.7 Å². The molecule has 0 aromatic carbocycles. The van der Waals surface area contributed by atoms with Crippen LogP contribution in [0.5, 0.6) is 0 Å². The number of halogens is 13. The highest BCUT2D eigenvalue weighted by Crippen LogP contribution is 2.60. The normalized spacial score (nSPS) is 15.7. The van der Waals surface area contributed by atoms with Crippen LogP contribution in [0, 0.1) is 0 Å². The maximum absolute atomic E-state index is 13.0. The molecule has 0 aliphatic heterocycles. The lowest BCUT2D eigenvalue weighted by Crippen LogP contribution is -2.71. The summed E-state index contributed by atoms with van der Waals surface area (Å²) in [5.74, 6) is -47.3. The van der Waals surface area contributed by atoms with Gasteiger partial charge in [-0.3, -0.25) is 0 Å². The number of alkyl halides is 13. The van der Waals surface area contributed by atoms with Gasteiger partial charge in [-0.1, -0.05) is 22.6 Å².